The van der Waals surface area contributed by atoms with Gasteiger partial charge in [-0.15, -0.1) is 0 Å². The molecule has 0 spiro atoms. The number of ether oxygens (including phenoxy) is 1. The fourth-order valence-electron chi connectivity index (χ4n) is 2.56. The Morgan fingerprint density at radius 2 is 2.05 bits per heavy atom. The Morgan fingerprint density at radius 1 is 1.37 bits per heavy atom. The molecule has 2 rings (SSSR count). The van der Waals surface area contributed by atoms with Crippen LogP contribution in [-0.2, 0) is 0 Å². The van der Waals surface area contributed by atoms with Crippen LogP contribution in [0.15, 0.2) is 12.1 Å². The number of likely N-dealkylation sites (tertiary alicyclic amines) is 1. The third kappa shape index (κ3) is 3.54. The lowest BCUT2D eigenvalue weighted by Crippen LogP contribution is -2.38. The first kappa shape index (κ1) is 14.5. The Kier molecular flexibility index (Phi) is 4.94. The third-order valence-corrected chi connectivity index (χ3v) is 4.28. The topological polar surface area (TPSA) is 24.5 Å². The zero-order chi connectivity index (χ0) is 13.8. The number of hydrogen-bond donors (Lipinski definition) is 1. The molecule has 0 amide bonds. The van der Waals surface area contributed by atoms with Crippen molar-refractivity contribution in [1.29, 1.82) is 0 Å². The number of anilines is 1. The number of nitrogens with zero attached hydrogens (tertiary/aromatic N) is 1. The molecule has 0 aliphatic carbocycles. The molecule has 1 aliphatic heterocycles. The second-order valence-corrected chi connectivity index (χ2v) is 5.56. The molecule has 1 fully saturated rings. The molecule has 1 aromatic carbocycles. The number of rotatable bonds is 4. The van der Waals surface area contributed by atoms with Gasteiger partial charge >= 0.3 is 0 Å². The first-order chi connectivity index (χ1) is 9.13. The van der Waals surface area contributed by atoms with Gasteiger partial charge in [-0.25, -0.2) is 0 Å². The van der Waals surface area contributed by atoms with Crippen molar-refractivity contribution in [3.05, 3.63) is 22.7 Å². The highest BCUT2D eigenvalue weighted by atomic mass is 35.5. The number of piperidine rings is 1. The third-order valence-electron chi connectivity index (χ3n) is 3.88. The summed E-state index contributed by atoms with van der Waals surface area (Å²) in [6.07, 6.45) is 2.36. The molecule has 106 valence electrons. The highest BCUT2D eigenvalue weighted by molar-refractivity contribution is 6.31. The van der Waals surface area contributed by atoms with Crippen LogP contribution in [0.25, 0.3) is 0 Å². The van der Waals surface area contributed by atoms with Crippen molar-refractivity contribution in [3.8, 4) is 5.75 Å². The van der Waals surface area contributed by atoms with Gasteiger partial charge in [0, 0.05) is 30.2 Å². The molecule has 19 heavy (non-hydrogen) atoms. The summed E-state index contributed by atoms with van der Waals surface area (Å²) >= 11 is 6.13. The first-order valence-corrected chi connectivity index (χ1v) is 7.34. The molecule has 0 atom stereocenters. The molecule has 0 unspecified atom stereocenters. The van der Waals surface area contributed by atoms with Crippen LogP contribution in [0.1, 0.15) is 25.3 Å². The lowest BCUT2D eigenvalue weighted by Gasteiger charge is -2.32. The van der Waals surface area contributed by atoms with Gasteiger partial charge in [-0.2, -0.15) is 0 Å². The number of nitrogens with one attached hydrogen (secondary N) is 1. The van der Waals surface area contributed by atoms with Crippen LogP contribution in [0, 0.1) is 6.92 Å². The van der Waals surface area contributed by atoms with Crippen LogP contribution in [0.5, 0.6) is 5.75 Å². The van der Waals surface area contributed by atoms with Crippen LogP contribution in [0.3, 0.4) is 0 Å². The molecule has 3 nitrogen and oxygen atoms in total. The minimum absolute atomic E-state index is 0.525. The summed E-state index contributed by atoms with van der Waals surface area (Å²) in [5, 5.41) is 4.36. The van der Waals surface area contributed by atoms with E-state index in [9.17, 15) is 0 Å². The normalized spacial score (nSPS) is 17.5. The number of benzene rings is 1. The number of aryl methyl sites for hydroxylation is 1. The summed E-state index contributed by atoms with van der Waals surface area (Å²) < 4.78 is 5.41. The van der Waals surface area contributed by atoms with Crippen LogP contribution in [0.2, 0.25) is 5.02 Å². The highest BCUT2D eigenvalue weighted by Crippen LogP contribution is 2.32. The predicted octanol–water partition coefficient (Wildman–Crippen LogP) is 3.55. The highest BCUT2D eigenvalue weighted by Gasteiger charge is 2.19. The molecule has 1 N–H and O–H groups in total. The number of halogens is 1. The van der Waals surface area contributed by atoms with Crippen LogP contribution in [-0.4, -0.2) is 37.7 Å². The lowest BCUT2D eigenvalue weighted by atomic mass is 10.0. The van der Waals surface area contributed by atoms with Gasteiger partial charge in [-0.1, -0.05) is 18.5 Å². The quantitative estimate of drug-likeness (QED) is 0.914. The van der Waals surface area contributed by atoms with Crippen LogP contribution >= 0.6 is 11.6 Å². The smallest absolute Gasteiger partial charge is 0.143 e. The zero-order valence-corrected chi connectivity index (χ0v) is 12.8. The maximum absolute atomic E-state index is 6.13. The maximum Gasteiger partial charge on any atom is 0.143 e. The Morgan fingerprint density at radius 3 is 2.63 bits per heavy atom. The van der Waals surface area contributed by atoms with E-state index in [1.807, 2.05) is 13.0 Å². The summed E-state index contributed by atoms with van der Waals surface area (Å²) in [6, 6.07) is 4.49. The van der Waals surface area contributed by atoms with Gasteiger partial charge in [-0.3, -0.25) is 0 Å². The SMILES string of the molecule is CCN1CCC(Nc2cc(C)c(Cl)cc2OC)CC1. The van der Waals surface area contributed by atoms with E-state index in [1.165, 1.54) is 25.9 Å². The monoisotopic (exact) mass is 282 g/mol. The predicted molar refractivity (Wildman–Crippen MR) is 81.5 cm³/mol. The number of hydrogen-bond acceptors (Lipinski definition) is 3. The molecule has 0 aromatic heterocycles. The van der Waals surface area contributed by atoms with E-state index in [1.54, 1.807) is 7.11 Å². The van der Waals surface area contributed by atoms with E-state index in [4.69, 9.17) is 16.3 Å². The molecule has 1 saturated heterocycles. The second-order valence-electron chi connectivity index (χ2n) is 5.15. The van der Waals surface area contributed by atoms with Crippen molar-refractivity contribution < 1.29 is 4.74 Å². The molecule has 1 aromatic rings. The Labute approximate surface area is 120 Å². The van der Waals surface area contributed by atoms with Crippen molar-refractivity contribution in [2.45, 2.75) is 32.7 Å². The summed E-state index contributed by atoms with van der Waals surface area (Å²) in [5.41, 5.74) is 2.13. The Balaban J connectivity index is 2.05. The average Bonchev–Trinajstić information content (AvgIpc) is 2.43. The summed E-state index contributed by atoms with van der Waals surface area (Å²) in [4.78, 5) is 2.49. The molecule has 1 heterocycles. The molecular formula is C15H23ClN2O. The van der Waals surface area contributed by atoms with Gasteiger partial charge in [0.2, 0.25) is 0 Å². The fourth-order valence-corrected chi connectivity index (χ4v) is 2.71. The van der Waals surface area contributed by atoms with Crippen LogP contribution < -0.4 is 10.1 Å². The van der Waals surface area contributed by atoms with E-state index in [2.05, 4.69) is 23.2 Å². The van der Waals surface area contributed by atoms with Gasteiger partial charge in [0.25, 0.3) is 0 Å². The van der Waals surface area contributed by atoms with Crippen molar-refractivity contribution in [2.24, 2.45) is 0 Å². The average molecular weight is 283 g/mol. The van der Waals surface area contributed by atoms with E-state index in [-0.39, 0.29) is 0 Å². The fraction of sp³-hybridized carbons (Fsp3) is 0.600. The molecule has 4 heteroatoms. The molecule has 0 bridgehead atoms. The minimum atomic E-state index is 0.525. The molecule has 0 saturated carbocycles. The van der Waals surface area contributed by atoms with E-state index in [0.29, 0.717) is 6.04 Å². The van der Waals surface area contributed by atoms with Gasteiger partial charge in [0.1, 0.15) is 5.75 Å². The number of methoxy groups -OCH3 is 1. The van der Waals surface area contributed by atoms with E-state index in [0.717, 1.165) is 28.6 Å². The standard InChI is InChI=1S/C15H23ClN2O/c1-4-18-7-5-12(6-8-18)17-14-9-11(2)13(16)10-15(14)19-3/h9-10,12,17H,4-8H2,1-3H3. The van der Waals surface area contributed by atoms with Crippen molar-refractivity contribution >= 4 is 17.3 Å². The minimum Gasteiger partial charge on any atom is -0.495 e. The van der Waals surface area contributed by atoms with Gasteiger partial charge in [0.05, 0.1) is 12.8 Å². The van der Waals surface area contributed by atoms with Gasteiger partial charge in [0.15, 0.2) is 0 Å². The summed E-state index contributed by atoms with van der Waals surface area (Å²) in [6.45, 7) is 7.73. The zero-order valence-electron chi connectivity index (χ0n) is 12.0. The molecular weight excluding hydrogens is 260 g/mol. The Hall–Kier alpha value is -0.930. The van der Waals surface area contributed by atoms with Crippen molar-refractivity contribution in [1.82, 2.24) is 4.90 Å². The Bertz CT molecular complexity index is 428. The second kappa shape index (κ2) is 6.49. The maximum atomic E-state index is 6.13. The first-order valence-electron chi connectivity index (χ1n) is 6.97. The summed E-state index contributed by atoms with van der Waals surface area (Å²) in [7, 11) is 1.69. The lowest BCUT2D eigenvalue weighted by molar-refractivity contribution is 0.229. The largest absolute Gasteiger partial charge is 0.495 e. The van der Waals surface area contributed by atoms with E-state index >= 15 is 0 Å². The van der Waals surface area contributed by atoms with Crippen molar-refractivity contribution in [2.75, 3.05) is 32.1 Å². The molecule has 1 aliphatic rings. The van der Waals surface area contributed by atoms with Gasteiger partial charge < -0.3 is 15.0 Å². The van der Waals surface area contributed by atoms with E-state index < -0.39 is 0 Å². The van der Waals surface area contributed by atoms with Crippen molar-refractivity contribution in [3.63, 3.8) is 0 Å². The van der Waals surface area contributed by atoms with Crippen LogP contribution in [0.4, 0.5) is 5.69 Å². The summed E-state index contributed by atoms with van der Waals surface area (Å²) in [5.74, 6) is 0.827. The molecule has 0 radical (unpaired) electrons. The van der Waals surface area contributed by atoms with Gasteiger partial charge in [-0.05, 0) is 37.9 Å².